The van der Waals surface area contributed by atoms with Gasteiger partial charge in [0.25, 0.3) is 0 Å². The van der Waals surface area contributed by atoms with E-state index in [1.54, 1.807) is 0 Å². The van der Waals surface area contributed by atoms with Gasteiger partial charge >= 0.3 is 0 Å². The summed E-state index contributed by atoms with van der Waals surface area (Å²) < 4.78 is 5.42. The van der Waals surface area contributed by atoms with Crippen molar-refractivity contribution in [2.24, 2.45) is 0 Å². The van der Waals surface area contributed by atoms with Crippen LogP contribution in [0.1, 0.15) is 24.9 Å². The minimum atomic E-state index is 0.118. The van der Waals surface area contributed by atoms with Crippen molar-refractivity contribution in [1.82, 2.24) is 10.2 Å². The van der Waals surface area contributed by atoms with Gasteiger partial charge in [0.2, 0.25) is 0 Å². The highest BCUT2D eigenvalue weighted by Crippen LogP contribution is 2.25. The van der Waals surface area contributed by atoms with Gasteiger partial charge in [-0.2, -0.15) is 0 Å². The summed E-state index contributed by atoms with van der Waals surface area (Å²) in [6.45, 7) is 6.34. The van der Waals surface area contributed by atoms with E-state index >= 15 is 0 Å². The number of aliphatic hydroxyl groups is 1. The van der Waals surface area contributed by atoms with E-state index in [-0.39, 0.29) is 18.7 Å². The Morgan fingerprint density at radius 1 is 1.48 bits per heavy atom. The first-order valence-corrected chi connectivity index (χ1v) is 8.04. The van der Waals surface area contributed by atoms with Crippen molar-refractivity contribution in [2.45, 2.75) is 25.4 Å². The van der Waals surface area contributed by atoms with E-state index < -0.39 is 0 Å². The summed E-state index contributed by atoms with van der Waals surface area (Å²) in [5.74, 6) is 0. The number of ether oxygens (including phenoxy) is 1. The van der Waals surface area contributed by atoms with Gasteiger partial charge in [0.15, 0.2) is 0 Å². The number of morpholine rings is 1. The van der Waals surface area contributed by atoms with Crippen LogP contribution in [-0.4, -0.2) is 55.5 Å². The third kappa shape index (κ3) is 4.66. The van der Waals surface area contributed by atoms with Crippen LogP contribution in [0, 0.1) is 0 Å². The molecular weight excluding hydrogens is 288 g/mol. The van der Waals surface area contributed by atoms with E-state index in [9.17, 15) is 5.11 Å². The van der Waals surface area contributed by atoms with Crippen molar-refractivity contribution < 1.29 is 9.84 Å². The average Bonchev–Trinajstić information content (AvgIpc) is 2.52. The average molecular weight is 313 g/mol. The van der Waals surface area contributed by atoms with E-state index in [2.05, 4.69) is 23.2 Å². The third-order valence-electron chi connectivity index (χ3n) is 4.00. The minimum absolute atomic E-state index is 0.118. The second-order valence-electron chi connectivity index (χ2n) is 5.37. The van der Waals surface area contributed by atoms with Crippen molar-refractivity contribution in [3.05, 3.63) is 34.9 Å². The summed E-state index contributed by atoms with van der Waals surface area (Å²) in [4.78, 5) is 2.31. The number of nitrogens with zero attached hydrogens (tertiary/aromatic N) is 1. The fourth-order valence-electron chi connectivity index (χ4n) is 2.82. The van der Waals surface area contributed by atoms with E-state index in [0.29, 0.717) is 6.61 Å². The van der Waals surface area contributed by atoms with Gasteiger partial charge in [-0.1, -0.05) is 36.7 Å². The molecule has 1 aromatic rings. The molecule has 21 heavy (non-hydrogen) atoms. The van der Waals surface area contributed by atoms with Gasteiger partial charge in [-0.15, -0.1) is 0 Å². The zero-order chi connectivity index (χ0) is 15.1. The Balaban J connectivity index is 1.98. The monoisotopic (exact) mass is 312 g/mol. The maximum absolute atomic E-state index is 9.43. The molecule has 0 saturated carbocycles. The van der Waals surface area contributed by atoms with Crippen LogP contribution in [0.2, 0.25) is 5.02 Å². The zero-order valence-corrected chi connectivity index (χ0v) is 13.4. The molecule has 1 saturated heterocycles. The van der Waals surface area contributed by atoms with Gasteiger partial charge < -0.3 is 15.2 Å². The standard InChI is InChI=1S/C16H25ClN2O2/c1-2-18-16(14-5-3-4-6-15(14)17)7-8-19-9-10-21-12-13(19)11-20/h3-6,13,16,18,20H,2,7-12H2,1H3. The van der Waals surface area contributed by atoms with E-state index in [0.717, 1.165) is 43.2 Å². The minimum Gasteiger partial charge on any atom is -0.395 e. The van der Waals surface area contributed by atoms with Gasteiger partial charge in [0, 0.05) is 24.2 Å². The summed E-state index contributed by atoms with van der Waals surface area (Å²) in [6.07, 6.45) is 0.966. The molecule has 0 amide bonds. The number of aliphatic hydroxyl groups excluding tert-OH is 1. The van der Waals surface area contributed by atoms with Gasteiger partial charge in [0.1, 0.15) is 0 Å². The number of hydrogen-bond acceptors (Lipinski definition) is 4. The van der Waals surface area contributed by atoms with Crippen LogP contribution in [-0.2, 0) is 4.74 Å². The lowest BCUT2D eigenvalue weighted by atomic mass is 10.0. The summed E-state index contributed by atoms with van der Waals surface area (Å²) in [7, 11) is 0. The zero-order valence-electron chi connectivity index (χ0n) is 12.6. The first kappa shape index (κ1) is 16.7. The number of halogens is 1. The molecule has 1 aliphatic rings. The summed E-state index contributed by atoms with van der Waals surface area (Å²) in [6, 6.07) is 8.36. The Bertz CT molecular complexity index is 430. The molecule has 0 bridgehead atoms. The molecule has 5 heteroatoms. The highest BCUT2D eigenvalue weighted by molar-refractivity contribution is 6.31. The van der Waals surface area contributed by atoms with E-state index in [4.69, 9.17) is 16.3 Å². The molecule has 1 fully saturated rings. The molecule has 2 N–H and O–H groups in total. The Kier molecular flexibility index (Phi) is 6.93. The molecule has 118 valence electrons. The molecule has 0 aliphatic carbocycles. The summed E-state index contributed by atoms with van der Waals surface area (Å²) >= 11 is 6.32. The first-order chi connectivity index (χ1) is 10.3. The van der Waals surface area contributed by atoms with Crippen LogP contribution in [0.5, 0.6) is 0 Å². The second kappa shape index (κ2) is 8.71. The molecule has 2 rings (SSSR count). The molecule has 2 unspecified atom stereocenters. The SMILES string of the molecule is CCNC(CCN1CCOCC1CO)c1ccccc1Cl. The van der Waals surface area contributed by atoms with Crippen molar-refractivity contribution in [1.29, 1.82) is 0 Å². The predicted octanol–water partition coefficient (Wildman–Crippen LogP) is 2.07. The Labute approximate surface area is 132 Å². The third-order valence-corrected chi connectivity index (χ3v) is 4.34. The van der Waals surface area contributed by atoms with Crippen molar-refractivity contribution in [2.75, 3.05) is 39.5 Å². The predicted molar refractivity (Wildman–Crippen MR) is 85.8 cm³/mol. The Morgan fingerprint density at radius 3 is 3.00 bits per heavy atom. The van der Waals surface area contributed by atoms with Crippen LogP contribution >= 0.6 is 11.6 Å². The Morgan fingerprint density at radius 2 is 2.29 bits per heavy atom. The smallest absolute Gasteiger partial charge is 0.0644 e. The van der Waals surface area contributed by atoms with Crippen LogP contribution in [0.25, 0.3) is 0 Å². The number of nitrogens with one attached hydrogen (secondary N) is 1. The molecule has 1 aliphatic heterocycles. The highest BCUT2D eigenvalue weighted by Gasteiger charge is 2.23. The van der Waals surface area contributed by atoms with Gasteiger partial charge in [-0.05, 0) is 24.6 Å². The lowest BCUT2D eigenvalue weighted by molar-refractivity contribution is -0.0286. The molecular formula is C16H25ClN2O2. The lowest BCUT2D eigenvalue weighted by Gasteiger charge is -2.35. The van der Waals surface area contributed by atoms with Crippen molar-refractivity contribution >= 4 is 11.6 Å². The maximum atomic E-state index is 9.43. The molecule has 2 atom stereocenters. The first-order valence-electron chi connectivity index (χ1n) is 7.66. The molecule has 0 radical (unpaired) electrons. The van der Waals surface area contributed by atoms with Gasteiger partial charge in [0.05, 0.1) is 25.9 Å². The summed E-state index contributed by atoms with van der Waals surface area (Å²) in [5, 5.41) is 13.7. The highest BCUT2D eigenvalue weighted by atomic mass is 35.5. The van der Waals surface area contributed by atoms with E-state index in [1.807, 2.05) is 18.2 Å². The van der Waals surface area contributed by atoms with Crippen molar-refractivity contribution in [3.63, 3.8) is 0 Å². The van der Waals surface area contributed by atoms with Crippen LogP contribution in [0.15, 0.2) is 24.3 Å². The number of rotatable bonds is 7. The molecule has 1 aromatic carbocycles. The fourth-order valence-corrected chi connectivity index (χ4v) is 3.09. The van der Waals surface area contributed by atoms with Crippen LogP contribution in [0.4, 0.5) is 0 Å². The van der Waals surface area contributed by atoms with Gasteiger partial charge in [-0.3, -0.25) is 4.90 Å². The van der Waals surface area contributed by atoms with Crippen LogP contribution in [0.3, 0.4) is 0 Å². The largest absolute Gasteiger partial charge is 0.395 e. The molecule has 1 heterocycles. The molecule has 0 spiro atoms. The molecule has 4 nitrogen and oxygen atoms in total. The number of benzene rings is 1. The second-order valence-corrected chi connectivity index (χ2v) is 5.77. The summed E-state index contributed by atoms with van der Waals surface area (Å²) in [5.41, 5.74) is 1.15. The quantitative estimate of drug-likeness (QED) is 0.809. The fraction of sp³-hybridized carbons (Fsp3) is 0.625. The topological polar surface area (TPSA) is 44.7 Å². The van der Waals surface area contributed by atoms with Crippen molar-refractivity contribution in [3.8, 4) is 0 Å². The normalized spacial score (nSPS) is 21.4. The van der Waals surface area contributed by atoms with E-state index in [1.165, 1.54) is 0 Å². The maximum Gasteiger partial charge on any atom is 0.0644 e. The Hall–Kier alpha value is -0.650. The lowest BCUT2D eigenvalue weighted by Crippen LogP contribution is -2.48. The van der Waals surface area contributed by atoms with Crippen LogP contribution < -0.4 is 5.32 Å². The molecule has 0 aromatic heterocycles. The van der Waals surface area contributed by atoms with Gasteiger partial charge in [-0.25, -0.2) is 0 Å². The number of hydrogen-bond donors (Lipinski definition) is 2.